The second kappa shape index (κ2) is 7.97. The highest BCUT2D eigenvalue weighted by Gasteiger charge is 2.38. The van der Waals surface area contributed by atoms with Crippen LogP contribution in [0, 0.1) is 0 Å². The molecule has 0 aliphatic carbocycles. The maximum Gasteiger partial charge on any atom is 0.244 e. The van der Waals surface area contributed by atoms with Crippen LogP contribution in [0.5, 0.6) is 0 Å². The number of hydrogen-bond acceptors (Lipinski definition) is 7. The number of nitrogens with zero attached hydrogens (tertiary/aromatic N) is 2. The van der Waals surface area contributed by atoms with Gasteiger partial charge in [-0.1, -0.05) is 35.6 Å². The topological polar surface area (TPSA) is 114 Å². The Morgan fingerprint density at radius 1 is 1.16 bits per heavy atom. The highest BCUT2D eigenvalue weighted by atomic mass is 32.2. The monoisotopic (exact) mass is 479 g/mol. The van der Waals surface area contributed by atoms with Gasteiger partial charge in [-0.2, -0.15) is 4.31 Å². The molecule has 1 N–H and O–H groups in total. The van der Waals surface area contributed by atoms with Crippen molar-refractivity contribution < 1.29 is 21.6 Å². The maximum absolute atomic E-state index is 13.1. The van der Waals surface area contributed by atoms with Gasteiger partial charge in [0.05, 0.1) is 20.9 Å². The van der Waals surface area contributed by atoms with Crippen LogP contribution in [0.3, 0.4) is 0 Å². The van der Waals surface area contributed by atoms with Gasteiger partial charge in [0.2, 0.25) is 15.9 Å². The van der Waals surface area contributed by atoms with Crippen molar-refractivity contribution >= 4 is 52.5 Å². The summed E-state index contributed by atoms with van der Waals surface area (Å²) >= 11 is 1.14. The number of thiazole rings is 1. The number of aromatic nitrogens is 1. The molecule has 0 bridgehead atoms. The minimum atomic E-state index is -3.61. The molecule has 8 nitrogen and oxygen atoms in total. The van der Waals surface area contributed by atoms with Crippen LogP contribution in [0.1, 0.15) is 18.1 Å². The van der Waals surface area contributed by atoms with E-state index in [9.17, 15) is 21.6 Å². The minimum absolute atomic E-state index is 0.103. The fourth-order valence-corrected chi connectivity index (χ4v) is 6.41. The van der Waals surface area contributed by atoms with E-state index in [-0.39, 0.29) is 23.6 Å². The van der Waals surface area contributed by atoms with Crippen LogP contribution >= 0.6 is 11.3 Å². The second-order valence-corrected chi connectivity index (χ2v) is 12.6. The summed E-state index contributed by atoms with van der Waals surface area (Å²) in [6.45, 7) is 1.69. The third-order valence-corrected chi connectivity index (χ3v) is 9.12. The van der Waals surface area contributed by atoms with Crippen molar-refractivity contribution in [3.8, 4) is 0 Å². The van der Waals surface area contributed by atoms with Crippen LogP contribution in [0.4, 0.5) is 5.13 Å². The highest BCUT2D eigenvalue weighted by Crippen LogP contribution is 2.30. The number of fused-ring (bicyclic) bond motifs is 2. The number of carbonyl (C=O) groups is 1. The first-order valence-electron chi connectivity index (χ1n) is 9.56. The number of sulfone groups is 1. The van der Waals surface area contributed by atoms with Crippen molar-refractivity contribution in [2.45, 2.75) is 30.8 Å². The SMILES string of the molecule is CCS(=O)(=O)N1Cc2ccccc2C[C@H]1C(=O)Nc1nc2ccc(S(C)(=O)=O)cc2s1. The molecule has 1 aliphatic heterocycles. The molecular formula is C20H21N3O5S3. The lowest BCUT2D eigenvalue weighted by atomic mass is 9.95. The molecule has 0 unspecified atom stereocenters. The predicted octanol–water partition coefficient (Wildman–Crippen LogP) is 2.41. The summed E-state index contributed by atoms with van der Waals surface area (Å²) in [4.78, 5) is 17.6. The summed E-state index contributed by atoms with van der Waals surface area (Å²) in [6, 6.07) is 11.2. The molecule has 0 spiro atoms. The van der Waals surface area contributed by atoms with Gasteiger partial charge in [-0.3, -0.25) is 4.79 Å². The largest absolute Gasteiger partial charge is 0.301 e. The van der Waals surface area contributed by atoms with E-state index in [0.29, 0.717) is 15.3 Å². The number of sulfonamides is 1. The van der Waals surface area contributed by atoms with Crippen molar-refractivity contribution in [3.05, 3.63) is 53.6 Å². The number of nitrogens with one attached hydrogen (secondary N) is 1. The maximum atomic E-state index is 13.1. The van der Waals surface area contributed by atoms with Gasteiger partial charge in [-0.05, 0) is 42.7 Å². The molecule has 1 aliphatic rings. The van der Waals surface area contributed by atoms with Gasteiger partial charge >= 0.3 is 0 Å². The fraction of sp³-hybridized carbons (Fsp3) is 0.300. The summed E-state index contributed by atoms with van der Waals surface area (Å²) in [5, 5.41) is 3.02. The summed E-state index contributed by atoms with van der Waals surface area (Å²) in [7, 11) is -6.97. The van der Waals surface area contributed by atoms with E-state index in [1.54, 1.807) is 13.0 Å². The van der Waals surface area contributed by atoms with Gasteiger partial charge in [-0.25, -0.2) is 21.8 Å². The van der Waals surface area contributed by atoms with Crippen molar-refractivity contribution in [1.29, 1.82) is 0 Å². The number of rotatable bonds is 5. The molecule has 0 radical (unpaired) electrons. The van der Waals surface area contributed by atoms with E-state index in [1.165, 1.54) is 16.4 Å². The van der Waals surface area contributed by atoms with Crippen LogP contribution in [-0.4, -0.2) is 50.1 Å². The predicted molar refractivity (Wildman–Crippen MR) is 120 cm³/mol. The quantitative estimate of drug-likeness (QED) is 0.601. The van der Waals surface area contributed by atoms with Gasteiger partial charge in [0.25, 0.3) is 0 Å². The van der Waals surface area contributed by atoms with Crippen molar-refractivity contribution in [3.63, 3.8) is 0 Å². The molecular weight excluding hydrogens is 458 g/mol. The molecule has 2 aromatic carbocycles. The normalized spacial score (nSPS) is 17.4. The summed E-state index contributed by atoms with van der Waals surface area (Å²) in [5.41, 5.74) is 2.38. The van der Waals surface area contributed by atoms with Gasteiger partial charge in [0.1, 0.15) is 6.04 Å². The number of carbonyl (C=O) groups excluding carboxylic acids is 1. The Bertz CT molecular complexity index is 1380. The van der Waals surface area contributed by atoms with Crippen LogP contribution in [0.25, 0.3) is 10.2 Å². The first-order valence-corrected chi connectivity index (χ1v) is 13.9. The van der Waals surface area contributed by atoms with Crippen molar-refractivity contribution in [2.24, 2.45) is 0 Å². The fourth-order valence-electron chi connectivity index (χ4n) is 3.56. The van der Waals surface area contributed by atoms with E-state index in [0.717, 1.165) is 28.7 Å². The lowest BCUT2D eigenvalue weighted by Gasteiger charge is -2.34. The van der Waals surface area contributed by atoms with Crippen LogP contribution in [0.15, 0.2) is 47.4 Å². The first kappa shape index (κ1) is 21.9. The average molecular weight is 480 g/mol. The van der Waals surface area contributed by atoms with Crippen LogP contribution < -0.4 is 5.32 Å². The Kier molecular flexibility index (Phi) is 5.63. The number of amides is 1. The Balaban J connectivity index is 1.64. The molecule has 1 amide bonds. The van der Waals surface area contributed by atoms with Gasteiger partial charge in [0, 0.05) is 12.8 Å². The average Bonchev–Trinajstić information content (AvgIpc) is 3.13. The molecule has 2 heterocycles. The molecule has 0 fully saturated rings. The Labute approximate surface area is 184 Å². The van der Waals surface area contributed by atoms with E-state index in [1.807, 2.05) is 24.3 Å². The molecule has 164 valence electrons. The smallest absolute Gasteiger partial charge is 0.244 e. The number of hydrogen-bond donors (Lipinski definition) is 1. The van der Waals surface area contributed by atoms with Crippen LogP contribution in [-0.2, 0) is 37.6 Å². The third kappa shape index (κ3) is 4.36. The zero-order valence-electron chi connectivity index (χ0n) is 16.9. The standard InChI is InChI=1S/C20H21N3O5S3/c1-3-31(27,28)23-12-14-7-5-4-6-13(14)10-17(23)19(24)22-20-21-16-9-8-15(30(2,25)26)11-18(16)29-20/h4-9,11,17H,3,10,12H2,1-2H3,(H,21,22,24)/t17-/m0/s1. The zero-order chi connectivity index (χ0) is 22.4. The van der Waals surface area contributed by atoms with Crippen molar-refractivity contribution in [1.82, 2.24) is 9.29 Å². The lowest BCUT2D eigenvalue weighted by molar-refractivity contribution is -0.120. The number of anilines is 1. The molecule has 4 rings (SSSR count). The molecule has 3 aromatic rings. The molecule has 0 saturated carbocycles. The first-order chi connectivity index (χ1) is 14.6. The van der Waals surface area contributed by atoms with Gasteiger partial charge in [-0.15, -0.1) is 0 Å². The van der Waals surface area contributed by atoms with E-state index < -0.39 is 31.8 Å². The minimum Gasteiger partial charge on any atom is -0.301 e. The van der Waals surface area contributed by atoms with E-state index in [4.69, 9.17) is 0 Å². The molecule has 11 heteroatoms. The highest BCUT2D eigenvalue weighted by molar-refractivity contribution is 7.90. The molecule has 0 saturated heterocycles. The zero-order valence-corrected chi connectivity index (χ0v) is 19.4. The van der Waals surface area contributed by atoms with E-state index in [2.05, 4.69) is 10.3 Å². The summed E-state index contributed by atoms with van der Waals surface area (Å²) < 4.78 is 50.8. The molecule has 1 atom stereocenters. The molecule has 1 aromatic heterocycles. The van der Waals surface area contributed by atoms with Crippen LogP contribution in [0.2, 0.25) is 0 Å². The summed E-state index contributed by atoms with van der Waals surface area (Å²) in [6.07, 6.45) is 1.39. The lowest BCUT2D eigenvalue weighted by Crippen LogP contribution is -2.51. The second-order valence-electron chi connectivity index (χ2n) is 7.34. The third-order valence-electron chi connectivity index (χ3n) is 5.25. The summed E-state index contributed by atoms with van der Waals surface area (Å²) in [5.74, 6) is -0.567. The Hall–Kier alpha value is -2.34. The van der Waals surface area contributed by atoms with Gasteiger partial charge < -0.3 is 5.32 Å². The van der Waals surface area contributed by atoms with Crippen molar-refractivity contribution in [2.75, 3.05) is 17.3 Å². The Morgan fingerprint density at radius 2 is 1.87 bits per heavy atom. The Morgan fingerprint density at radius 3 is 2.55 bits per heavy atom. The van der Waals surface area contributed by atoms with Gasteiger partial charge in [0.15, 0.2) is 15.0 Å². The van der Waals surface area contributed by atoms with E-state index >= 15 is 0 Å². The molecule has 31 heavy (non-hydrogen) atoms. The number of benzene rings is 2.